The van der Waals surface area contributed by atoms with E-state index >= 15 is 0 Å². The van der Waals surface area contributed by atoms with Crippen LogP contribution < -0.4 is 10.6 Å². The van der Waals surface area contributed by atoms with Crippen LogP contribution in [0.15, 0.2) is 0 Å². The molecule has 1 unspecified atom stereocenters. The van der Waals surface area contributed by atoms with Crippen molar-refractivity contribution in [2.24, 2.45) is 0 Å². The fraction of sp³-hybridized carbons (Fsp3) is 0.833. The van der Waals surface area contributed by atoms with E-state index in [0.29, 0.717) is 6.04 Å². The van der Waals surface area contributed by atoms with Gasteiger partial charge in [0.05, 0.1) is 0 Å². The predicted octanol–water partition coefficient (Wildman–Crippen LogP) is 0.832. The third kappa shape index (κ3) is 4.88. The van der Waals surface area contributed by atoms with Crippen molar-refractivity contribution >= 4 is 29.1 Å². The molecule has 0 aliphatic rings. The molecule has 0 aromatic carbocycles. The normalized spacial score (nSPS) is 12.3. The van der Waals surface area contributed by atoms with Crippen molar-refractivity contribution < 1.29 is 0 Å². The minimum atomic E-state index is 0.454. The van der Waals surface area contributed by atoms with Crippen LogP contribution in [0.25, 0.3) is 0 Å². The van der Waals surface area contributed by atoms with Gasteiger partial charge >= 0.3 is 0 Å². The van der Waals surface area contributed by atoms with E-state index in [4.69, 9.17) is 12.2 Å². The summed E-state index contributed by atoms with van der Waals surface area (Å²) in [5.74, 6) is 1.09. The third-order valence-corrected chi connectivity index (χ3v) is 2.18. The molecule has 0 heterocycles. The third-order valence-electron chi connectivity index (χ3n) is 1.02. The molecule has 2 N–H and O–H groups in total. The Morgan fingerprint density at radius 2 is 2.30 bits per heavy atom. The quantitative estimate of drug-likeness (QED) is 0.625. The molecule has 0 aromatic rings. The average Bonchev–Trinajstić information content (AvgIpc) is 1.88. The Hall–Kier alpha value is 0.0400. The van der Waals surface area contributed by atoms with E-state index in [1.165, 1.54) is 0 Å². The highest BCUT2D eigenvalue weighted by molar-refractivity contribution is 7.98. The van der Waals surface area contributed by atoms with Crippen LogP contribution >= 0.6 is 24.0 Å². The Balaban J connectivity index is 3.37. The van der Waals surface area contributed by atoms with Gasteiger partial charge in [-0.15, -0.1) is 0 Å². The zero-order chi connectivity index (χ0) is 7.98. The number of nitrogens with one attached hydrogen (secondary N) is 2. The fourth-order valence-corrected chi connectivity index (χ4v) is 1.37. The SMILES string of the molecule is CNC(=S)NC(C)CSC. The van der Waals surface area contributed by atoms with Gasteiger partial charge in [0.1, 0.15) is 0 Å². The van der Waals surface area contributed by atoms with Gasteiger partial charge in [-0.25, -0.2) is 0 Å². The van der Waals surface area contributed by atoms with E-state index in [1.807, 2.05) is 18.8 Å². The van der Waals surface area contributed by atoms with Crippen LogP contribution in [0.2, 0.25) is 0 Å². The van der Waals surface area contributed by atoms with Gasteiger partial charge in [-0.2, -0.15) is 11.8 Å². The van der Waals surface area contributed by atoms with Crippen LogP contribution in [0.1, 0.15) is 6.92 Å². The molecule has 0 radical (unpaired) electrons. The molecule has 4 heteroatoms. The van der Waals surface area contributed by atoms with Gasteiger partial charge in [-0.3, -0.25) is 0 Å². The van der Waals surface area contributed by atoms with Gasteiger partial charge in [-0.05, 0) is 25.4 Å². The summed E-state index contributed by atoms with van der Waals surface area (Å²) in [6, 6.07) is 0.454. The average molecular weight is 178 g/mol. The van der Waals surface area contributed by atoms with E-state index < -0.39 is 0 Å². The van der Waals surface area contributed by atoms with Crippen LogP contribution in [0.5, 0.6) is 0 Å². The largest absolute Gasteiger partial charge is 0.366 e. The molecular formula is C6H14N2S2. The minimum Gasteiger partial charge on any atom is -0.366 e. The zero-order valence-electron chi connectivity index (χ0n) is 6.60. The molecule has 0 saturated heterocycles. The van der Waals surface area contributed by atoms with Crippen LogP contribution in [-0.4, -0.2) is 30.2 Å². The lowest BCUT2D eigenvalue weighted by molar-refractivity contribution is 0.736. The van der Waals surface area contributed by atoms with Crippen molar-refractivity contribution in [2.75, 3.05) is 19.1 Å². The van der Waals surface area contributed by atoms with Gasteiger partial charge < -0.3 is 10.6 Å². The molecule has 0 aromatic heterocycles. The molecule has 0 bridgehead atoms. The van der Waals surface area contributed by atoms with Crippen LogP contribution in [0.4, 0.5) is 0 Å². The molecular weight excluding hydrogens is 164 g/mol. The second-order valence-electron chi connectivity index (χ2n) is 2.08. The standard InChI is InChI=1S/C6H14N2S2/c1-5(4-10-3)8-6(9)7-2/h5H,4H2,1-3H3,(H2,7,8,9). The van der Waals surface area contributed by atoms with Crippen molar-refractivity contribution in [3.63, 3.8) is 0 Å². The second kappa shape index (κ2) is 5.80. The highest BCUT2D eigenvalue weighted by Gasteiger charge is 1.99. The van der Waals surface area contributed by atoms with Gasteiger partial charge in [0.25, 0.3) is 0 Å². The Kier molecular flexibility index (Phi) is 5.82. The Morgan fingerprint density at radius 3 is 2.70 bits per heavy atom. The van der Waals surface area contributed by atoms with Crippen molar-refractivity contribution in [3.8, 4) is 0 Å². The summed E-state index contributed by atoms with van der Waals surface area (Å²) in [5, 5.41) is 6.72. The lowest BCUT2D eigenvalue weighted by Gasteiger charge is -2.13. The highest BCUT2D eigenvalue weighted by Crippen LogP contribution is 1.95. The maximum absolute atomic E-state index is 4.91. The molecule has 0 fully saturated rings. The number of rotatable bonds is 3. The molecule has 0 rings (SSSR count). The number of thiocarbonyl (C=S) groups is 1. The van der Waals surface area contributed by atoms with Gasteiger partial charge in [-0.1, -0.05) is 0 Å². The summed E-state index contributed by atoms with van der Waals surface area (Å²) >= 11 is 6.73. The highest BCUT2D eigenvalue weighted by atomic mass is 32.2. The summed E-state index contributed by atoms with van der Waals surface area (Å²) in [6.45, 7) is 2.11. The zero-order valence-corrected chi connectivity index (χ0v) is 8.23. The first-order valence-corrected chi connectivity index (χ1v) is 4.98. The summed E-state index contributed by atoms with van der Waals surface area (Å²) in [6.07, 6.45) is 2.08. The van der Waals surface area contributed by atoms with Gasteiger partial charge in [0.2, 0.25) is 0 Å². The number of thioether (sulfide) groups is 1. The molecule has 0 spiro atoms. The summed E-state index contributed by atoms with van der Waals surface area (Å²) in [7, 11) is 1.82. The Bertz CT molecular complexity index is 106. The van der Waals surface area contributed by atoms with Crippen molar-refractivity contribution in [2.45, 2.75) is 13.0 Å². The Labute approximate surface area is 72.1 Å². The maximum Gasteiger partial charge on any atom is 0.166 e. The van der Waals surface area contributed by atoms with Gasteiger partial charge in [0.15, 0.2) is 5.11 Å². The van der Waals surface area contributed by atoms with Crippen LogP contribution in [0, 0.1) is 0 Å². The maximum atomic E-state index is 4.91. The lowest BCUT2D eigenvalue weighted by atomic mass is 10.4. The van der Waals surface area contributed by atoms with Crippen LogP contribution in [0.3, 0.4) is 0 Å². The number of hydrogen-bond donors (Lipinski definition) is 2. The fourth-order valence-electron chi connectivity index (χ4n) is 0.588. The monoisotopic (exact) mass is 178 g/mol. The first-order valence-electron chi connectivity index (χ1n) is 3.18. The molecule has 0 aliphatic carbocycles. The summed E-state index contributed by atoms with van der Waals surface area (Å²) in [4.78, 5) is 0. The van der Waals surface area contributed by atoms with E-state index in [-0.39, 0.29) is 0 Å². The molecule has 0 aliphatic heterocycles. The molecule has 0 saturated carbocycles. The second-order valence-corrected chi connectivity index (χ2v) is 3.40. The van der Waals surface area contributed by atoms with E-state index in [2.05, 4.69) is 23.8 Å². The van der Waals surface area contributed by atoms with Gasteiger partial charge in [0, 0.05) is 18.8 Å². The molecule has 2 nitrogen and oxygen atoms in total. The van der Waals surface area contributed by atoms with E-state index in [1.54, 1.807) is 0 Å². The molecule has 10 heavy (non-hydrogen) atoms. The van der Waals surface area contributed by atoms with E-state index in [9.17, 15) is 0 Å². The van der Waals surface area contributed by atoms with Crippen molar-refractivity contribution in [1.29, 1.82) is 0 Å². The first-order chi connectivity index (χ1) is 4.70. The molecule has 60 valence electrons. The van der Waals surface area contributed by atoms with Crippen molar-refractivity contribution in [1.82, 2.24) is 10.6 Å². The van der Waals surface area contributed by atoms with E-state index in [0.717, 1.165) is 10.9 Å². The van der Waals surface area contributed by atoms with Crippen LogP contribution in [-0.2, 0) is 0 Å². The molecule has 0 amide bonds. The smallest absolute Gasteiger partial charge is 0.166 e. The summed E-state index contributed by atoms with van der Waals surface area (Å²) < 4.78 is 0. The topological polar surface area (TPSA) is 24.1 Å². The lowest BCUT2D eigenvalue weighted by Crippen LogP contribution is -2.39. The van der Waals surface area contributed by atoms with Crippen molar-refractivity contribution in [3.05, 3.63) is 0 Å². The Morgan fingerprint density at radius 1 is 1.70 bits per heavy atom. The number of hydrogen-bond acceptors (Lipinski definition) is 2. The minimum absolute atomic E-state index is 0.454. The molecule has 1 atom stereocenters. The summed E-state index contributed by atoms with van der Waals surface area (Å²) in [5.41, 5.74) is 0. The first kappa shape index (κ1) is 10.0. The predicted molar refractivity (Wildman–Crippen MR) is 52.6 cm³/mol.